The second-order valence-electron chi connectivity index (χ2n) is 6.10. The van der Waals surface area contributed by atoms with Crippen molar-refractivity contribution in [3.8, 4) is 5.75 Å². The Bertz CT molecular complexity index is 431. The Balaban J connectivity index is 2.06. The third-order valence-electron chi connectivity index (χ3n) is 4.41. The number of anilines is 1. The maximum Gasteiger partial charge on any atom is 0.122 e. The molecule has 3 nitrogen and oxygen atoms in total. The van der Waals surface area contributed by atoms with Crippen LogP contribution in [0.2, 0.25) is 0 Å². The Morgan fingerprint density at radius 2 is 2.15 bits per heavy atom. The summed E-state index contributed by atoms with van der Waals surface area (Å²) >= 11 is 0. The summed E-state index contributed by atoms with van der Waals surface area (Å²) in [4.78, 5) is 2.40. The van der Waals surface area contributed by atoms with E-state index in [1.807, 2.05) is 19.1 Å². The largest absolute Gasteiger partial charge is 0.508 e. The lowest BCUT2D eigenvalue weighted by atomic mass is 9.96. The van der Waals surface area contributed by atoms with Gasteiger partial charge in [-0.1, -0.05) is 25.8 Å². The van der Waals surface area contributed by atoms with Gasteiger partial charge in [-0.3, -0.25) is 0 Å². The van der Waals surface area contributed by atoms with Crippen LogP contribution in [-0.2, 0) is 0 Å². The Morgan fingerprint density at radius 1 is 1.35 bits per heavy atom. The fourth-order valence-corrected chi connectivity index (χ4v) is 3.23. The van der Waals surface area contributed by atoms with Gasteiger partial charge in [0.2, 0.25) is 0 Å². The van der Waals surface area contributed by atoms with Crippen molar-refractivity contribution in [1.29, 1.82) is 0 Å². The van der Waals surface area contributed by atoms with Crippen molar-refractivity contribution < 1.29 is 5.11 Å². The van der Waals surface area contributed by atoms with Gasteiger partial charge in [0, 0.05) is 36.4 Å². The fraction of sp³-hybridized carbons (Fsp3) is 0.647. The molecular formula is C17H28N2O. The molecule has 1 saturated heterocycles. The zero-order valence-electron chi connectivity index (χ0n) is 12.8. The molecule has 20 heavy (non-hydrogen) atoms. The molecule has 0 spiro atoms. The molecule has 3 N–H and O–H groups in total. The Morgan fingerprint density at radius 3 is 2.80 bits per heavy atom. The van der Waals surface area contributed by atoms with E-state index in [1.54, 1.807) is 0 Å². The van der Waals surface area contributed by atoms with Crippen LogP contribution in [0.4, 0.5) is 5.69 Å². The fourth-order valence-electron chi connectivity index (χ4n) is 3.23. The summed E-state index contributed by atoms with van der Waals surface area (Å²) in [7, 11) is 0. The Hall–Kier alpha value is -1.22. The third-order valence-corrected chi connectivity index (χ3v) is 4.41. The second kappa shape index (κ2) is 6.98. The zero-order chi connectivity index (χ0) is 14.5. The van der Waals surface area contributed by atoms with E-state index in [0.717, 1.165) is 30.3 Å². The molecule has 0 aromatic heterocycles. The number of benzene rings is 1. The van der Waals surface area contributed by atoms with Crippen LogP contribution in [-0.4, -0.2) is 18.2 Å². The van der Waals surface area contributed by atoms with Gasteiger partial charge in [-0.05, 0) is 38.2 Å². The first-order valence-electron chi connectivity index (χ1n) is 7.95. The lowest BCUT2D eigenvalue weighted by molar-refractivity contribution is 0.435. The molecule has 1 heterocycles. The van der Waals surface area contributed by atoms with Gasteiger partial charge >= 0.3 is 0 Å². The molecule has 0 aliphatic carbocycles. The van der Waals surface area contributed by atoms with Crippen molar-refractivity contribution in [3.05, 3.63) is 23.8 Å². The zero-order valence-corrected chi connectivity index (χ0v) is 12.8. The van der Waals surface area contributed by atoms with Crippen molar-refractivity contribution >= 4 is 5.69 Å². The molecular weight excluding hydrogens is 248 g/mol. The summed E-state index contributed by atoms with van der Waals surface area (Å²) in [6.45, 7) is 6.36. The minimum Gasteiger partial charge on any atom is -0.508 e. The second-order valence-corrected chi connectivity index (χ2v) is 6.10. The van der Waals surface area contributed by atoms with Crippen LogP contribution < -0.4 is 10.6 Å². The Kier molecular flexibility index (Phi) is 5.30. The molecule has 1 aromatic carbocycles. The van der Waals surface area contributed by atoms with Crippen molar-refractivity contribution in [2.75, 3.05) is 18.0 Å². The predicted octanol–water partition coefficient (Wildman–Crippen LogP) is 3.82. The maximum atomic E-state index is 10.1. The van der Waals surface area contributed by atoms with Gasteiger partial charge in [-0.2, -0.15) is 0 Å². The molecule has 2 unspecified atom stereocenters. The highest BCUT2D eigenvalue weighted by molar-refractivity contribution is 5.54. The molecule has 0 saturated carbocycles. The number of phenolic OH excluding ortho intramolecular Hbond substituents is 1. The van der Waals surface area contributed by atoms with Crippen LogP contribution in [0.15, 0.2) is 18.2 Å². The number of rotatable bonds is 4. The van der Waals surface area contributed by atoms with Gasteiger partial charge < -0.3 is 15.7 Å². The van der Waals surface area contributed by atoms with E-state index in [-0.39, 0.29) is 6.04 Å². The summed E-state index contributed by atoms with van der Waals surface area (Å²) in [5.74, 6) is 1.20. The van der Waals surface area contributed by atoms with Crippen LogP contribution in [0, 0.1) is 5.92 Å². The van der Waals surface area contributed by atoms with Crippen molar-refractivity contribution in [3.63, 3.8) is 0 Å². The van der Waals surface area contributed by atoms with Gasteiger partial charge in [0.1, 0.15) is 5.75 Å². The van der Waals surface area contributed by atoms with Crippen LogP contribution in [0.25, 0.3) is 0 Å². The van der Waals surface area contributed by atoms with Gasteiger partial charge in [0.25, 0.3) is 0 Å². The van der Waals surface area contributed by atoms with E-state index in [0.29, 0.717) is 5.75 Å². The summed E-state index contributed by atoms with van der Waals surface area (Å²) < 4.78 is 0. The van der Waals surface area contributed by atoms with E-state index in [2.05, 4.69) is 17.9 Å². The molecule has 1 aromatic rings. The van der Waals surface area contributed by atoms with Gasteiger partial charge in [0.05, 0.1) is 0 Å². The molecule has 0 radical (unpaired) electrons. The topological polar surface area (TPSA) is 49.5 Å². The van der Waals surface area contributed by atoms with Gasteiger partial charge in [0.15, 0.2) is 0 Å². The average molecular weight is 276 g/mol. The molecule has 0 amide bonds. The van der Waals surface area contributed by atoms with E-state index in [4.69, 9.17) is 5.73 Å². The van der Waals surface area contributed by atoms with E-state index in [1.165, 1.54) is 32.1 Å². The predicted molar refractivity (Wildman–Crippen MR) is 85.2 cm³/mol. The SMILES string of the molecule is CCCC1CCCN(c2ccc(C(C)N)c(O)c2)CC1. The van der Waals surface area contributed by atoms with Gasteiger partial charge in [-0.15, -0.1) is 0 Å². The summed E-state index contributed by atoms with van der Waals surface area (Å²) in [5.41, 5.74) is 7.80. The maximum absolute atomic E-state index is 10.1. The first-order valence-corrected chi connectivity index (χ1v) is 7.95. The van der Waals surface area contributed by atoms with Crippen LogP contribution in [0.1, 0.15) is 57.6 Å². The van der Waals surface area contributed by atoms with E-state index in [9.17, 15) is 5.11 Å². The average Bonchev–Trinajstić information content (AvgIpc) is 2.64. The smallest absolute Gasteiger partial charge is 0.122 e. The monoisotopic (exact) mass is 276 g/mol. The first-order chi connectivity index (χ1) is 9.61. The standard InChI is InChI=1S/C17H28N2O/c1-3-5-14-6-4-10-19(11-9-14)15-7-8-16(13(2)18)17(20)12-15/h7-8,12-14,20H,3-6,9-11,18H2,1-2H3. The number of nitrogens with two attached hydrogens (primary N) is 1. The summed E-state index contributed by atoms with van der Waals surface area (Å²) in [5, 5.41) is 10.1. The molecule has 2 atom stereocenters. The number of hydrogen-bond acceptors (Lipinski definition) is 3. The van der Waals surface area contributed by atoms with Crippen LogP contribution in [0.5, 0.6) is 5.75 Å². The lowest BCUT2D eigenvalue weighted by Crippen LogP contribution is -2.24. The molecule has 1 fully saturated rings. The number of nitrogens with zero attached hydrogens (tertiary/aromatic N) is 1. The van der Waals surface area contributed by atoms with E-state index >= 15 is 0 Å². The minimum atomic E-state index is -0.123. The minimum absolute atomic E-state index is 0.123. The highest BCUT2D eigenvalue weighted by Gasteiger charge is 2.17. The number of phenols is 1. The molecule has 2 rings (SSSR count). The summed E-state index contributed by atoms with van der Waals surface area (Å²) in [6.07, 6.45) is 6.50. The van der Waals surface area contributed by atoms with E-state index < -0.39 is 0 Å². The highest BCUT2D eigenvalue weighted by Crippen LogP contribution is 2.30. The van der Waals surface area contributed by atoms with Crippen LogP contribution >= 0.6 is 0 Å². The lowest BCUT2D eigenvalue weighted by Gasteiger charge is -2.24. The number of hydrogen-bond donors (Lipinski definition) is 2. The molecule has 112 valence electrons. The molecule has 1 aliphatic rings. The van der Waals surface area contributed by atoms with Crippen molar-refractivity contribution in [1.82, 2.24) is 0 Å². The quantitative estimate of drug-likeness (QED) is 0.879. The van der Waals surface area contributed by atoms with Crippen molar-refractivity contribution in [2.24, 2.45) is 11.7 Å². The number of aromatic hydroxyl groups is 1. The molecule has 3 heteroatoms. The van der Waals surface area contributed by atoms with Gasteiger partial charge in [-0.25, -0.2) is 0 Å². The Labute approximate surface area is 122 Å². The molecule has 0 bridgehead atoms. The van der Waals surface area contributed by atoms with Crippen molar-refractivity contribution in [2.45, 2.75) is 52.0 Å². The normalized spacial score (nSPS) is 21.6. The third kappa shape index (κ3) is 3.66. The summed E-state index contributed by atoms with van der Waals surface area (Å²) in [6, 6.07) is 5.81. The first kappa shape index (κ1) is 15.2. The van der Waals surface area contributed by atoms with Crippen LogP contribution in [0.3, 0.4) is 0 Å². The molecule has 1 aliphatic heterocycles. The highest BCUT2D eigenvalue weighted by atomic mass is 16.3.